The van der Waals surface area contributed by atoms with Gasteiger partial charge in [0.2, 0.25) is 5.91 Å². The zero-order valence-corrected chi connectivity index (χ0v) is 22.9. The van der Waals surface area contributed by atoms with Gasteiger partial charge >= 0.3 is 0 Å². The molecule has 4 aromatic carbocycles. The van der Waals surface area contributed by atoms with E-state index in [4.69, 9.17) is 9.47 Å². The minimum absolute atomic E-state index is 0.109. The Hall–Kier alpha value is -4.83. The summed E-state index contributed by atoms with van der Waals surface area (Å²) in [7, 11) is 3.02. The van der Waals surface area contributed by atoms with Gasteiger partial charge in [0.1, 0.15) is 5.25 Å². The second kappa shape index (κ2) is 12.8. The lowest BCUT2D eigenvalue weighted by molar-refractivity contribution is -0.384. The van der Waals surface area contributed by atoms with E-state index in [9.17, 15) is 19.7 Å². The summed E-state index contributed by atoms with van der Waals surface area (Å²) in [6.07, 6.45) is 0. The van der Waals surface area contributed by atoms with Gasteiger partial charge in [0.05, 0.1) is 24.8 Å². The van der Waals surface area contributed by atoms with E-state index >= 15 is 0 Å². The average Bonchev–Trinajstić information content (AvgIpc) is 2.97. The van der Waals surface area contributed by atoms with Crippen LogP contribution >= 0.6 is 11.8 Å². The number of nitro benzene ring substituents is 1. The molecule has 0 fully saturated rings. The van der Waals surface area contributed by atoms with Crippen LogP contribution in [0.25, 0.3) is 0 Å². The maximum Gasteiger partial charge on any atom is 0.271 e. The van der Waals surface area contributed by atoms with Gasteiger partial charge in [-0.1, -0.05) is 42.5 Å². The Balaban J connectivity index is 1.56. The van der Waals surface area contributed by atoms with Crippen LogP contribution in [0.2, 0.25) is 0 Å². The van der Waals surface area contributed by atoms with E-state index in [2.05, 4.69) is 10.6 Å². The molecule has 204 valence electrons. The number of rotatable bonds is 10. The number of carbonyl (C=O) groups is 2. The first-order chi connectivity index (χ1) is 19.3. The quantitative estimate of drug-likeness (QED) is 0.127. The van der Waals surface area contributed by atoms with Crippen molar-refractivity contribution < 1.29 is 24.0 Å². The fourth-order valence-corrected chi connectivity index (χ4v) is 5.00. The Bertz CT molecular complexity index is 1540. The molecule has 4 aromatic rings. The number of amides is 2. The number of carbonyl (C=O) groups excluding carboxylic acids is 2. The first-order valence-electron chi connectivity index (χ1n) is 12.2. The molecular formula is C30H27N3O6S. The average molecular weight is 558 g/mol. The van der Waals surface area contributed by atoms with Gasteiger partial charge in [-0.3, -0.25) is 19.7 Å². The van der Waals surface area contributed by atoms with E-state index in [-0.39, 0.29) is 17.5 Å². The van der Waals surface area contributed by atoms with Crippen molar-refractivity contribution >= 4 is 40.6 Å². The van der Waals surface area contributed by atoms with Crippen LogP contribution in [0.15, 0.2) is 95.9 Å². The number of nitrogens with one attached hydrogen (secondary N) is 2. The van der Waals surface area contributed by atoms with Crippen molar-refractivity contribution in [2.45, 2.75) is 17.1 Å². The van der Waals surface area contributed by atoms with E-state index in [0.717, 1.165) is 10.5 Å². The summed E-state index contributed by atoms with van der Waals surface area (Å²) in [4.78, 5) is 37.9. The third-order valence-electron chi connectivity index (χ3n) is 6.02. The van der Waals surface area contributed by atoms with Gasteiger partial charge in [-0.25, -0.2) is 0 Å². The molecule has 9 nitrogen and oxygen atoms in total. The molecule has 1 atom stereocenters. The van der Waals surface area contributed by atoms with Crippen molar-refractivity contribution in [3.63, 3.8) is 0 Å². The summed E-state index contributed by atoms with van der Waals surface area (Å²) in [5, 5.41) is 16.3. The number of anilines is 2. The van der Waals surface area contributed by atoms with E-state index in [1.54, 1.807) is 49.4 Å². The van der Waals surface area contributed by atoms with E-state index in [1.165, 1.54) is 38.1 Å². The van der Waals surface area contributed by atoms with Crippen LogP contribution in [0.3, 0.4) is 0 Å². The van der Waals surface area contributed by atoms with Crippen LogP contribution in [0.1, 0.15) is 26.7 Å². The summed E-state index contributed by atoms with van der Waals surface area (Å²) >= 11 is 1.30. The lowest BCUT2D eigenvalue weighted by atomic mass is 10.1. The number of non-ortho nitro benzene ring substituents is 1. The number of benzene rings is 4. The molecule has 0 bridgehead atoms. The number of nitrogens with zero attached hydrogens (tertiary/aromatic N) is 1. The van der Waals surface area contributed by atoms with Crippen LogP contribution in [0.5, 0.6) is 11.5 Å². The number of hydrogen-bond acceptors (Lipinski definition) is 7. The highest BCUT2D eigenvalue weighted by molar-refractivity contribution is 8.00. The first kappa shape index (κ1) is 28.2. The number of methoxy groups -OCH3 is 2. The number of hydrogen-bond donors (Lipinski definition) is 2. The summed E-state index contributed by atoms with van der Waals surface area (Å²) in [6, 6.07) is 25.7. The first-order valence-corrected chi connectivity index (χ1v) is 13.1. The van der Waals surface area contributed by atoms with Crippen LogP contribution in [-0.4, -0.2) is 31.0 Å². The van der Waals surface area contributed by atoms with Gasteiger partial charge in [0.15, 0.2) is 11.5 Å². The van der Waals surface area contributed by atoms with Crippen molar-refractivity contribution in [3.05, 3.63) is 118 Å². The molecule has 1 unspecified atom stereocenters. The number of ether oxygens (including phenoxy) is 2. The number of thioether (sulfide) groups is 1. The van der Waals surface area contributed by atoms with E-state index < -0.39 is 10.2 Å². The lowest BCUT2D eigenvalue weighted by Gasteiger charge is -2.18. The topological polar surface area (TPSA) is 120 Å². The second-order valence-corrected chi connectivity index (χ2v) is 9.88. The van der Waals surface area contributed by atoms with Gasteiger partial charge < -0.3 is 20.1 Å². The van der Waals surface area contributed by atoms with Gasteiger partial charge in [-0.05, 0) is 54.4 Å². The summed E-state index contributed by atoms with van der Waals surface area (Å²) in [6.45, 7) is 1.77. The third-order valence-corrected chi connectivity index (χ3v) is 7.27. The van der Waals surface area contributed by atoms with Crippen LogP contribution in [0.4, 0.5) is 17.1 Å². The zero-order chi connectivity index (χ0) is 28.6. The molecule has 0 aliphatic carbocycles. The van der Waals surface area contributed by atoms with Gasteiger partial charge in [0, 0.05) is 28.3 Å². The van der Waals surface area contributed by atoms with Gasteiger partial charge in [-0.2, -0.15) is 0 Å². The molecular weight excluding hydrogens is 530 g/mol. The Morgan fingerprint density at radius 1 is 0.850 bits per heavy atom. The summed E-state index contributed by atoms with van der Waals surface area (Å²) < 4.78 is 10.5. The smallest absolute Gasteiger partial charge is 0.271 e. The van der Waals surface area contributed by atoms with Gasteiger partial charge in [-0.15, -0.1) is 11.8 Å². The molecule has 0 aromatic heterocycles. The fraction of sp³-hybridized carbons (Fsp3) is 0.133. The summed E-state index contributed by atoms with van der Waals surface area (Å²) in [5.41, 5.74) is 2.67. The number of aryl methyl sites for hydroxylation is 1. The maximum absolute atomic E-state index is 13.5. The van der Waals surface area contributed by atoms with Crippen molar-refractivity contribution in [2.75, 3.05) is 24.9 Å². The van der Waals surface area contributed by atoms with Crippen LogP contribution in [0, 0.1) is 17.0 Å². The Morgan fingerprint density at radius 2 is 1.60 bits per heavy atom. The minimum atomic E-state index is -0.670. The maximum atomic E-state index is 13.5. The zero-order valence-electron chi connectivity index (χ0n) is 22.0. The van der Waals surface area contributed by atoms with Crippen molar-refractivity contribution in [1.82, 2.24) is 0 Å². The molecule has 2 N–H and O–H groups in total. The SMILES string of the molecule is COc1ccc(C(=O)Nc2cccc(SC(C(=O)Nc3cc([N+](=O)[O-])ccc3C)c3ccccc3)c2)cc1OC. The molecule has 0 aliphatic rings. The molecule has 0 radical (unpaired) electrons. The summed E-state index contributed by atoms with van der Waals surface area (Å²) in [5.74, 6) is 0.291. The molecule has 10 heteroatoms. The predicted octanol–water partition coefficient (Wildman–Crippen LogP) is 6.64. The van der Waals surface area contributed by atoms with Crippen LogP contribution < -0.4 is 20.1 Å². The van der Waals surface area contributed by atoms with E-state index in [1.807, 2.05) is 36.4 Å². The highest BCUT2D eigenvalue weighted by Crippen LogP contribution is 2.38. The predicted molar refractivity (Wildman–Crippen MR) is 155 cm³/mol. The monoisotopic (exact) mass is 557 g/mol. The number of nitro groups is 1. The molecule has 2 amide bonds. The highest BCUT2D eigenvalue weighted by atomic mass is 32.2. The standard InChI is InChI=1S/C30H27N3O6S/c1-19-12-14-23(33(36)37)18-25(19)32-30(35)28(20-8-5-4-6-9-20)40-24-11-7-10-22(17-24)31-29(34)21-13-15-26(38-2)27(16-21)39-3/h4-18,28H,1-3H3,(H,31,34)(H,32,35). The molecule has 0 heterocycles. The molecule has 0 saturated carbocycles. The fourth-order valence-electron chi connectivity index (χ4n) is 3.92. The molecule has 0 aliphatic heterocycles. The van der Waals surface area contributed by atoms with Crippen molar-refractivity contribution in [2.24, 2.45) is 0 Å². The second-order valence-electron chi connectivity index (χ2n) is 8.71. The van der Waals surface area contributed by atoms with E-state index in [0.29, 0.717) is 34.0 Å². The minimum Gasteiger partial charge on any atom is -0.493 e. The van der Waals surface area contributed by atoms with Crippen LogP contribution in [-0.2, 0) is 4.79 Å². The Labute approximate surface area is 235 Å². The molecule has 0 saturated heterocycles. The van der Waals surface area contributed by atoms with Crippen molar-refractivity contribution in [1.29, 1.82) is 0 Å². The third kappa shape index (κ3) is 6.78. The van der Waals surface area contributed by atoms with Gasteiger partial charge in [0.25, 0.3) is 11.6 Å². The molecule has 40 heavy (non-hydrogen) atoms. The lowest BCUT2D eigenvalue weighted by Crippen LogP contribution is -2.19. The largest absolute Gasteiger partial charge is 0.493 e. The Kier molecular flexibility index (Phi) is 9.03. The van der Waals surface area contributed by atoms with Crippen molar-refractivity contribution in [3.8, 4) is 11.5 Å². The Morgan fingerprint density at radius 3 is 2.30 bits per heavy atom. The highest BCUT2D eigenvalue weighted by Gasteiger charge is 2.24. The molecule has 0 spiro atoms. The normalized spacial score (nSPS) is 11.3. The molecule has 4 rings (SSSR count).